The Bertz CT molecular complexity index is 1300. The summed E-state index contributed by atoms with van der Waals surface area (Å²) in [5.41, 5.74) is 13.9. The highest BCUT2D eigenvalue weighted by Crippen LogP contribution is 2.51. The van der Waals surface area contributed by atoms with Crippen LogP contribution in [0, 0.1) is 0 Å². The monoisotopic (exact) mass is 403 g/mol. The maximum Gasteiger partial charge on any atom is 0.0387 e. The molecule has 6 rings (SSSR count). The average molecular weight is 404 g/mol. The Morgan fingerprint density at radius 3 is 2.10 bits per heavy atom. The van der Waals surface area contributed by atoms with Crippen LogP contribution >= 0.6 is 0 Å². The second-order valence-corrected chi connectivity index (χ2v) is 10.3. The molecule has 154 valence electrons. The SMILES string of the molecule is CC1(C)C2=C(CCC=C2)c2ccc(Nc3ccc4c(c3)C(C)(C)c3ccccc3-4)cc21. The van der Waals surface area contributed by atoms with E-state index in [1.165, 1.54) is 44.6 Å². The number of fused-ring (bicyclic) bond motifs is 5. The molecule has 3 aliphatic carbocycles. The van der Waals surface area contributed by atoms with Crippen molar-refractivity contribution in [3.05, 3.63) is 101 Å². The number of hydrogen-bond donors (Lipinski definition) is 1. The topological polar surface area (TPSA) is 12.0 Å². The van der Waals surface area contributed by atoms with Crippen molar-refractivity contribution < 1.29 is 0 Å². The Hall–Kier alpha value is -3.06. The number of benzene rings is 3. The van der Waals surface area contributed by atoms with Crippen LogP contribution in [0.5, 0.6) is 0 Å². The minimum absolute atomic E-state index is 0.0266. The Balaban J connectivity index is 1.37. The average Bonchev–Trinajstić information content (AvgIpc) is 3.14. The minimum atomic E-state index is 0.0266. The van der Waals surface area contributed by atoms with E-state index in [2.05, 4.69) is 106 Å². The summed E-state index contributed by atoms with van der Waals surface area (Å²) in [4.78, 5) is 0. The minimum Gasteiger partial charge on any atom is -0.356 e. The zero-order valence-corrected chi connectivity index (χ0v) is 18.8. The molecule has 1 heteroatoms. The molecule has 0 saturated carbocycles. The van der Waals surface area contributed by atoms with Crippen molar-refractivity contribution in [2.75, 3.05) is 5.32 Å². The number of rotatable bonds is 2. The van der Waals surface area contributed by atoms with E-state index in [-0.39, 0.29) is 10.8 Å². The number of allylic oxidation sites excluding steroid dienone is 4. The van der Waals surface area contributed by atoms with Gasteiger partial charge in [0.2, 0.25) is 0 Å². The summed E-state index contributed by atoms with van der Waals surface area (Å²) >= 11 is 0. The van der Waals surface area contributed by atoms with Crippen molar-refractivity contribution >= 4 is 16.9 Å². The summed E-state index contributed by atoms with van der Waals surface area (Å²) in [5, 5.41) is 3.71. The molecular weight excluding hydrogens is 374 g/mol. The van der Waals surface area contributed by atoms with Crippen LogP contribution < -0.4 is 5.32 Å². The molecule has 0 aliphatic heterocycles. The van der Waals surface area contributed by atoms with Crippen molar-refractivity contribution in [3.63, 3.8) is 0 Å². The van der Waals surface area contributed by atoms with E-state index < -0.39 is 0 Å². The van der Waals surface area contributed by atoms with Gasteiger partial charge in [-0.25, -0.2) is 0 Å². The fraction of sp³-hybridized carbons (Fsp3) is 0.267. The smallest absolute Gasteiger partial charge is 0.0387 e. The third-order valence-electron chi connectivity index (χ3n) is 7.73. The van der Waals surface area contributed by atoms with Crippen LogP contribution in [0.3, 0.4) is 0 Å². The van der Waals surface area contributed by atoms with Gasteiger partial charge in [0.25, 0.3) is 0 Å². The van der Waals surface area contributed by atoms with Crippen LogP contribution in [0.25, 0.3) is 16.7 Å². The highest BCUT2D eigenvalue weighted by molar-refractivity contribution is 5.86. The molecule has 1 N–H and O–H groups in total. The Kier molecular flexibility index (Phi) is 3.76. The van der Waals surface area contributed by atoms with E-state index in [0.717, 1.165) is 18.5 Å². The van der Waals surface area contributed by atoms with Crippen molar-refractivity contribution in [2.24, 2.45) is 0 Å². The molecule has 0 saturated heterocycles. The summed E-state index contributed by atoms with van der Waals surface area (Å²) in [6.45, 7) is 9.40. The normalized spacial score (nSPS) is 19.0. The lowest BCUT2D eigenvalue weighted by Gasteiger charge is -2.24. The zero-order valence-electron chi connectivity index (χ0n) is 18.8. The predicted octanol–water partition coefficient (Wildman–Crippen LogP) is 8.13. The summed E-state index contributed by atoms with van der Waals surface area (Å²) in [5.74, 6) is 0. The van der Waals surface area contributed by atoms with Crippen molar-refractivity contribution in [2.45, 2.75) is 51.4 Å². The van der Waals surface area contributed by atoms with E-state index >= 15 is 0 Å². The lowest BCUT2D eigenvalue weighted by molar-refractivity contribution is 0.651. The maximum atomic E-state index is 3.71. The van der Waals surface area contributed by atoms with Crippen LogP contribution in [0.4, 0.5) is 11.4 Å². The third-order valence-corrected chi connectivity index (χ3v) is 7.73. The summed E-state index contributed by atoms with van der Waals surface area (Å²) < 4.78 is 0. The summed E-state index contributed by atoms with van der Waals surface area (Å²) in [6.07, 6.45) is 7.00. The van der Waals surface area contributed by atoms with Gasteiger partial charge in [0.1, 0.15) is 0 Å². The van der Waals surface area contributed by atoms with Gasteiger partial charge >= 0.3 is 0 Å². The number of anilines is 2. The lowest BCUT2D eigenvalue weighted by atomic mass is 9.80. The fourth-order valence-electron chi connectivity index (χ4n) is 6.03. The van der Waals surface area contributed by atoms with Gasteiger partial charge in [-0.1, -0.05) is 76.2 Å². The molecule has 0 unspecified atom stereocenters. The van der Waals surface area contributed by atoms with Gasteiger partial charge in [-0.2, -0.15) is 0 Å². The zero-order chi connectivity index (χ0) is 21.4. The summed E-state index contributed by atoms with van der Waals surface area (Å²) in [7, 11) is 0. The first-order valence-corrected chi connectivity index (χ1v) is 11.4. The van der Waals surface area contributed by atoms with Crippen LogP contribution in [-0.4, -0.2) is 0 Å². The predicted molar refractivity (Wildman–Crippen MR) is 132 cm³/mol. The standard InChI is InChI=1S/C30H29N/c1-29(2)25-11-7-5-9-21(25)23-15-13-19(17-27(23)29)31-20-14-16-24-22-10-6-8-12-26(22)30(3,4)28(24)18-20/h5,7-9,11-18,31H,6,10H2,1-4H3. The van der Waals surface area contributed by atoms with Gasteiger partial charge in [0.05, 0.1) is 0 Å². The molecule has 0 heterocycles. The van der Waals surface area contributed by atoms with E-state index in [4.69, 9.17) is 0 Å². The molecule has 0 fully saturated rings. The first kappa shape index (κ1) is 18.7. The molecule has 0 amide bonds. The highest BCUT2D eigenvalue weighted by Gasteiger charge is 2.37. The second-order valence-electron chi connectivity index (χ2n) is 10.3. The fourth-order valence-corrected chi connectivity index (χ4v) is 6.03. The van der Waals surface area contributed by atoms with E-state index in [1.807, 2.05) is 0 Å². The van der Waals surface area contributed by atoms with Gasteiger partial charge in [-0.15, -0.1) is 0 Å². The van der Waals surface area contributed by atoms with Crippen molar-refractivity contribution in [1.82, 2.24) is 0 Å². The molecule has 0 spiro atoms. The maximum absolute atomic E-state index is 3.71. The first-order valence-electron chi connectivity index (χ1n) is 11.4. The second kappa shape index (κ2) is 6.23. The molecule has 0 bridgehead atoms. The molecule has 1 nitrogen and oxygen atoms in total. The Morgan fingerprint density at radius 2 is 1.32 bits per heavy atom. The Labute approximate surface area is 185 Å². The van der Waals surface area contributed by atoms with Crippen LogP contribution in [0.15, 0.2) is 78.4 Å². The molecule has 3 aromatic carbocycles. The van der Waals surface area contributed by atoms with Gasteiger partial charge < -0.3 is 5.32 Å². The van der Waals surface area contributed by atoms with Gasteiger partial charge in [-0.05, 0) is 81.6 Å². The van der Waals surface area contributed by atoms with Gasteiger partial charge in [-0.3, -0.25) is 0 Å². The molecule has 3 aromatic rings. The molecule has 0 aromatic heterocycles. The lowest BCUT2D eigenvalue weighted by Crippen LogP contribution is -2.16. The summed E-state index contributed by atoms with van der Waals surface area (Å²) in [6, 6.07) is 22.6. The molecule has 3 aliphatic rings. The van der Waals surface area contributed by atoms with Crippen LogP contribution in [0.2, 0.25) is 0 Å². The highest BCUT2D eigenvalue weighted by atomic mass is 14.9. The van der Waals surface area contributed by atoms with Crippen LogP contribution in [0.1, 0.15) is 62.8 Å². The van der Waals surface area contributed by atoms with Gasteiger partial charge in [0.15, 0.2) is 0 Å². The van der Waals surface area contributed by atoms with E-state index in [0.29, 0.717) is 0 Å². The molecule has 0 radical (unpaired) electrons. The molecule has 0 atom stereocenters. The first-order chi connectivity index (χ1) is 14.9. The van der Waals surface area contributed by atoms with Crippen molar-refractivity contribution in [1.29, 1.82) is 0 Å². The number of hydrogen-bond acceptors (Lipinski definition) is 1. The van der Waals surface area contributed by atoms with E-state index in [9.17, 15) is 0 Å². The Morgan fingerprint density at radius 1 is 0.677 bits per heavy atom. The largest absolute Gasteiger partial charge is 0.356 e. The quantitative estimate of drug-likeness (QED) is 0.455. The third kappa shape index (κ3) is 2.56. The molecule has 31 heavy (non-hydrogen) atoms. The molecular formula is C30H29N. The van der Waals surface area contributed by atoms with Crippen LogP contribution in [-0.2, 0) is 10.8 Å². The van der Waals surface area contributed by atoms with E-state index in [1.54, 1.807) is 5.57 Å². The number of nitrogens with one attached hydrogen (secondary N) is 1. The van der Waals surface area contributed by atoms with Crippen molar-refractivity contribution in [3.8, 4) is 11.1 Å². The van der Waals surface area contributed by atoms with Gasteiger partial charge in [0, 0.05) is 22.2 Å².